The Kier molecular flexibility index (Phi) is 7.09. The van der Waals surface area contributed by atoms with Crippen molar-refractivity contribution >= 4 is 44.7 Å². The Labute approximate surface area is 230 Å². The van der Waals surface area contributed by atoms with E-state index in [9.17, 15) is 9.00 Å². The van der Waals surface area contributed by atoms with Gasteiger partial charge in [-0.15, -0.1) is 0 Å². The molecule has 0 N–H and O–H groups in total. The van der Waals surface area contributed by atoms with Gasteiger partial charge in [0.2, 0.25) is 0 Å². The summed E-state index contributed by atoms with van der Waals surface area (Å²) in [7, 11) is 2.17. The van der Waals surface area contributed by atoms with Crippen LogP contribution in [0.25, 0.3) is 33.6 Å². The van der Waals surface area contributed by atoms with E-state index in [-0.39, 0.29) is 0 Å². The normalized spacial score (nSPS) is 15.2. The SMILES string of the molecule is CCOC(=O)c1cc(OC)c2c(c1)nc(-c1cc3ccc(/C(C)=N/S(=O)C(C)(C)C)nc3n1CC1CC1)n2C. The molecule has 39 heavy (non-hydrogen) atoms. The second-order valence-electron chi connectivity index (χ2n) is 11.0. The maximum Gasteiger partial charge on any atom is 0.338 e. The zero-order valence-electron chi connectivity index (χ0n) is 23.6. The quantitative estimate of drug-likeness (QED) is 0.214. The van der Waals surface area contributed by atoms with Crippen LogP contribution >= 0.6 is 0 Å². The minimum absolute atomic E-state index is 0.291. The van der Waals surface area contributed by atoms with Crippen LogP contribution in [0.1, 0.15) is 63.5 Å². The van der Waals surface area contributed by atoms with Crippen LogP contribution in [0.2, 0.25) is 0 Å². The van der Waals surface area contributed by atoms with Gasteiger partial charge in [0.1, 0.15) is 27.9 Å². The zero-order valence-corrected chi connectivity index (χ0v) is 24.4. The molecule has 0 aliphatic heterocycles. The number of benzene rings is 1. The Morgan fingerprint density at radius 3 is 2.56 bits per heavy atom. The highest BCUT2D eigenvalue weighted by atomic mass is 32.2. The standard InChI is InChI=1S/C29H35N5O4S/c1-8-38-28(35)20-13-22-25(24(15-20)37-7)33(6)27(31-22)23-14-19-11-12-21(17(2)32-39(36)29(3,4)5)30-26(19)34(23)16-18-9-10-18/h11-15,18H,8-10,16H2,1-7H3/b32-17+. The summed E-state index contributed by atoms with van der Waals surface area (Å²) < 4.78 is 31.7. The molecule has 10 heteroatoms. The van der Waals surface area contributed by atoms with Crippen molar-refractivity contribution in [3.63, 3.8) is 0 Å². The molecule has 3 aromatic heterocycles. The number of carbonyl (C=O) groups excluding carboxylic acids is 1. The Morgan fingerprint density at radius 2 is 1.92 bits per heavy atom. The summed E-state index contributed by atoms with van der Waals surface area (Å²) in [5.74, 6) is 1.49. The number of aromatic nitrogens is 4. The molecule has 9 nitrogen and oxygen atoms in total. The second-order valence-corrected chi connectivity index (χ2v) is 12.9. The zero-order chi connectivity index (χ0) is 28.1. The van der Waals surface area contributed by atoms with Crippen LogP contribution in [0.3, 0.4) is 0 Å². The first kappa shape index (κ1) is 27.1. The number of nitrogens with zero attached hydrogens (tertiary/aromatic N) is 5. The van der Waals surface area contributed by atoms with Gasteiger partial charge >= 0.3 is 5.97 Å². The van der Waals surface area contributed by atoms with Crippen LogP contribution in [0.4, 0.5) is 0 Å². The first-order valence-electron chi connectivity index (χ1n) is 13.2. The highest BCUT2D eigenvalue weighted by molar-refractivity contribution is 7.85. The number of methoxy groups -OCH3 is 1. The van der Waals surface area contributed by atoms with Gasteiger partial charge in [0.15, 0.2) is 5.82 Å². The minimum Gasteiger partial charge on any atom is -0.494 e. The van der Waals surface area contributed by atoms with Crippen molar-refractivity contribution in [3.05, 3.63) is 41.6 Å². The Balaban J connectivity index is 1.66. The number of ether oxygens (including phenoxy) is 2. The molecule has 3 heterocycles. The fraction of sp³-hybridized carbons (Fsp3) is 0.448. The topological polar surface area (TPSA) is 101 Å². The van der Waals surface area contributed by atoms with E-state index in [2.05, 4.69) is 15.0 Å². The highest BCUT2D eigenvalue weighted by Crippen LogP contribution is 2.37. The average Bonchev–Trinajstić information content (AvgIpc) is 3.56. The van der Waals surface area contributed by atoms with Crippen molar-refractivity contribution in [3.8, 4) is 17.3 Å². The fourth-order valence-corrected chi connectivity index (χ4v) is 5.21. The molecule has 4 aromatic rings. The van der Waals surface area contributed by atoms with Crippen LogP contribution < -0.4 is 4.74 Å². The molecule has 1 fully saturated rings. The first-order chi connectivity index (χ1) is 18.5. The van der Waals surface area contributed by atoms with Gasteiger partial charge in [-0.25, -0.2) is 19.0 Å². The molecule has 206 valence electrons. The molecule has 1 aromatic carbocycles. The van der Waals surface area contributed by atoms with Gasteiger partial charge in [0, 0.05) is 19.0 Å². The third-order valence-corrected chi connectivity index (χ3v) is 8.38. The molecule has 1 unspecified atom stereocenters. The second kappa shape index (κ2) is 10.2. The number of hydrogen-bond acceptors (Lipinski definition) is 6. The van der Waals surface area contributed by atoms with Crippen LogP contribution in [0.5, 0.6) is 5.75 Å². The number of carbonyl (C=O) groups is 1. The van der Waals surface area contributed by atoms with Crippen LogP contribution in [-0.2, 0) is 29.3 Å². The number of hydrogen-bond donors (Lipinski definition) is 0. The third-order valence-electron chi connectivity index (χ3n) is 6.89. The van der Waals surface area contributed by atoms with E-state index >= 15 is 0 Å². The molecule has 1 atom stereocenters. The summed E-state index contributed by atoms with van der Waals surface area (Å²) in [5.41, 5.74) is 4.98. The Hall–Kier alpha value is -3.53. The number of fused-ring (bicyclic) bond motifs is 2. The average molecular weight is 550 g/mol. The van der Waals surface area contributed by atoms with Crippen molar-refractivity contribution in [2.24, 2.45) is 17.4 Å². The predicted molar refractivity (Wildman–Crippen MR) is 155 cm³/mol. The molecule has 1 aliphatic carbocycles. The largest absolute Gasteiger partial charge is 0.494 e. The molecule has 0 spiro atoms. The van der Waals surface area contributed by atoms with Gasteiger partial charge in [0.25, 0.3) is 0 Å². The molecule has 0 radical (unpaired) electrons. The van der Waals surface area contributed by atoms with E-state index in [1.165, 1.54) is 12.8 Å². The summed E-state index contributed by atoms with van der Waals surface area (Å²) in [6, 6.07) is 9.51. The van der Waals surface area contributed by atoms with E-state index in [0.29, 0.717) is 40.8 Å². The molecule has 1 saturated carbocycles. The van der Waals surface area contributed by atoms with Gasteiger partial charge in [-0.2, -0.15) is 4.40 Å². The molecule has 0 amide bonds. The van der Waals surface area contributed by atoms with Crippen LogP contribution in [-0.4, -0.2) is 53.5 Å². The van der Waals surface area contributed by atoms with E-state index in [4.69, 9.17) is 19.4 Å². The maximum absolute atomic E-state index is 12.6. The predicted octanol–water partition coefficient (Wildman–Crippen LogP) is 5.46. The van der Waals surface area contributed by atoms with Gasteiger partial charge in [-0.1, -0.05) is 0 Å². The molecule has 1 aliphatic rings. The van der Waals surface area contributed by atoms with Crippen LogP contribution in [0.15, 0.2) is 34.7 Å². The highest BCUT2D eigenvalue weighted by Gasteiger charge is 2.27. The molecular weight excluding hydrogens is 514 g/mol. The summed E-state index contributed by atoms with van der Waals surface area (Å²) in [5, 5.41) is 0.991. The summed E-state index contributed by atoms with van der Waals surface area (Å²) >= 11 is 0. The van der Waals surface area contributed by atoms with Crippen molar-refractivity contribution < 1.29 is 18.5 Å². The van der Waals surface area contributed by atoms with Crippen molar-refractivity contribution in [2.75, 3.05) is 13.7 Å². The third kappa shape index (κ3) is 5.22. The molecule has 0 saturated heterocycles. The van der Waals surface area contributed by atoms with Gasteiger partial charge in [0.05, 0.1) is 46.6 Å². The molecule has 5 rings (SSSR count). The van der Waals surface area contributed by atoms with Gasteiger partial charge in [-0.05, 0) is 83.7 Å². The lowest BCUT2D eigenvalue weighted by Crippen LogP contribution is -2.20. The lowest BCUT2D eigenvalue weighted by Gasteiger charge is -2.14. The number of esters is 1. The Bertz CT molecular complexity index is 1640. The molecule has 0 bridgehead atoms. The fourth-order valence-electron chi connectivity index (χ4n) is 4.59. The van der Waals surface area contributed by atoms with E-state index in [1.54, 1.807) is 26.2 Å². The smallest absolute Gasteiger partial charge is 0.338 e. The van der Waals surface area contributed by atoms with Crippen molar-refractivity contribution in [1.82, 2.24) is 19.1 Å². The summed E-state index contributed by atoms with van der Waals surface area (Å²) in [4.78, 5) is 22.4. The molecular formula is C29H35N5O4S. The minimum atomic E-state index is -1.37. The van der Waals surface area contributed by atoms with Gasteiger partial charge in [-0.3, -0.25) is 0 Å². The Morgan fingerprint density at radius 1 is 1.18 bits per heavy atom. The number of rotatable bonds is 8. The number of aryl methyl sites for hydroxylation is 1. The van der Waals surface area contributed by atoms with E-state index in [0.717, 1.165) is 34.6 Å². The van der Waals surface area contributed by atoms with E-state index in [1.807, 2.05) is 51.4 Å². The summed E-state index contributed by atoms with van der Waals surface area (Å²) in [6.07, 6.45) is 2.37. The van der Waals surface area contributed by atoms with E-state index < -0.39 is 21.7 Å². The lowest BCUT2D eigenvalue weighted by atomic mass is 10.2. The van der Waals surface area contributed by atoms with Crippen LogP contribution in [0, 0.1) is 5.92 Å². The monoisotopic (exact) mass is 549 g/mol. The number of pyridine rings is 1. The number of imidazole rings is 1. The van der Waals surface area contributed by atoms with Crippen molar-refractivity contribution in [2.45, 2.75) is 58.8 Å². The lowest BCUT2D eigenvalue weighted by molar-refractivity contribution is 0.0526. The van der Waals surface area contributed by atoms with Crippen molar-refractivity contribution in [1.29, 1.82) is 0 Å². The maximum atomic E-state index is 12.6. The summed E-state index contributed by atoms with van der Waals surface area (Å²) in [6.45, 7) is 10.5. The first-order valence-corrected chi connectivity index (χ1v) is 14.3. The van der Waals surface area contributed by atoms with Gasteiger partial charge < -0.3 is 18.6 Å².